The predicted octanol–water partition coefficient (Wildman–Crippen LogP) is 5.45. The molecule has 2 fully saturated rings. The predicted molar refractivity (Wildman–Crippen MR) is 139 cm³/mol. The molecule has 7 nitrogen and oxygen atoms in total. The summed E-state index contributed by atoms with van der Waals surface area (Å²) in [7, 11) is -4.02. The molecule has 1 saturated carbocycles. The highest BCUT2D eigenvalue weighted by atomic mass is 79.9. The summed E-state index contributed by atoms with van der Waals surface area (Å²) in [5.41, 5.74) is 0.570. The van der Waals surface area contributed by atoms with Gasteiger partial charge >= 0.3 is 0 Å². The van der Waals surface area contributed by atoms with Crippen molar-refractivity contribution < 1.29 is 18.0 Å². The lowest BCUT2D eigenvalue weighted by Gasteiger charge is -2.30. The summed E-state index contributed by atoms with van der Waals surface area (Å²) in [5.74, 6) is -0.610. The standard InChI is InChI=1S/C23H23BrClN3O4S2/c24-15-6-12-19(13-7-15)34(31,32)27-23-28(18-4-2-1-3-5-18)22(30)20(33-23)14-21(29)26-17-10-8-16(25)9-11-17/h6-13,18,20H,1-5,14H2,(H,26,29)/t20-/m1/s1. The molecule has 2 aliphatic rings. The van der Waals surface area contributed by atoms with E-state index in [4.69, 9.17) is 11.6 Å². The van der Waals surface area contributed by atoms with Crippen LogP contribution >= 0.6 is 39.3 Å². The van der Waals surface area contributed by atoms with E-state index in [9.17, 15) is 18.0 Å². The minimum absolute atomic E-state index is 0.0452. The molecule has 0 bridgehead atoms. The molecule has 1 N–H and O–H groups in total. The lowest BCUT2D eigenvalue weighted by Crippen LogP contribution is -2.42. The summed E-state index contributed by atoms with van der Waals surface area (Å²) >= 11 is 10.2. The van der Waals surface area contributed by atoms with Crippen LogP contribution in [0.4, 0.5) is 5.69 Å². The van der Waals surface area contributed by atoms with E-state index in [0.29, 0.717) is 10.7 Å². The van der Waals surface area contributed by atoms with Gasteiger partial charge in [-0.2, -0.15) is 8.42 Å². The SMILES string of the molecule is O=C(C[C@H]1SC(=NS(=O)(=O)c2ccc(Br)cc2)N(C2CCCCC2)C1=O)Nc1ccc(Cl)cc1. The number of nitrogens with zero attached hydrogens (tertiary/aromatic N) is 2. The first-order valence-electron chi connectivity index (χ1n) is 10.9. The number of amides is 2. The van der Waals surface area contributed by atoms with Gasteiger partial charge in [-0.05, 0) is 61.4 Å². The van der Waals surface area contributed by atoms with E-state index in [-0.39, 0.29) is 34.3 Å². The minimum atomic E-state index is -4.02. The van der Waals surface area contributed by atoms with Crippen LogP contribution in [-0.2, 0) is 19.6 Å². The molecule has 0 radical (unpaired) electrons. The van der Waals surface area contributed by atoms with Crippen molar-refractivity contribution in [1.29, 1.82) is 0 Å². The number of thioether (sulfide) groups is 1. The highest BCUT2D eigenvalue weighted by Crippen LogP contribution is 2.36. The second-order valence-electron chi connectivity index (χ2n) is 8.17. The lowest BCUT2D eigenvalue weighted by molar-refractivity contribution is -0.130. The summed E-state index contributed by atoms with van der Waals surface area (Å²) in [6.45, 7) is 0. The first-order chi connectivity index (χ1) is 16.2. The maximum Gasteiger partial charge on any atom is 0.284 e. The van der Waals surface area contributed by atoms with Crippen molar-refractivity contribution in [3.8, 4) is 0 Å². The molecule has 0 spiro atoms. The Morgan fingerprint density at radius 2 is 1.74 bits per heavy atom. The molecule has 2 aromatic carbocycles. The van der Waals surface area contributed by atoms with Crippen LogP contribution in [0.2, 0.25) is 5.02 Å². The van der Waals surface area contributed by atoms with Crippen LogP contribution in [0.1, 0.15) is 38.5 Å². The van der Waals surface area contributed by atoms with Crippen LogP contribution in [0, 0.1) is 0 Å². The minimum Gasteiger partial charge on any atom is -0.326 e. The Bertz CT molecular complexity index is 1200. The molecule has 1 aliphatic carbocycles. The number of amidine groups is 1. The van der Waals surface area contributed by atoms with Crippen LogP contribution in [-0.4, -0.2) is 41.6 Å². The maximum atomic E-state index is 13.3. The Kier molecular flexibility index (Phi) is 8.01. The van der Waals surface area contributed by atoms with Crippen LogP contribution in [0.3, 0.4) is 0 Å². The van der Waals surface area contributed by atoms with Gasteiger partial charge in [-0.15, -0.1) is 4.40 Å². The van der Waals surface area contributed by atoms with E-state index in [2.05, 4.69) is 25.6 Å². The molecule has 34 heavy (non-hydrogen) atoms. The van der Waals surface area contributed by atoms with Crippen LogP contribution < -0.4 is 5.32 Å². The van der Waals surface area contributed by atoms with E-state index in [1.165, 1.54) is 17.0 Å². The zero-order valence-electron chi connectivity index (χ0n) is 18.1. The number of rotatable bonds is 6. The average Bonchev–Trinajstić information content (AvgIpc) is 3.10. The molecule has 2 amide bonds. The van der Waals surface area contributed by atoms with Crippen molar-refractivity contribution in [3.63, 3.8) is 0 Å². The molecular formula is C23H23BrClN3O4S2. The first-order valence-corrected chi connectivity index (χ1v) is 14.4. The Hall–Kier alpha value is -1.88. The van der Waals surface area contributed by atoms with E-state index in [1.54, 1.807) is 36.4 Å². The molecule has 1 aliphatic heterocycles. The van der Waals surface area contributed by atoms with Crippen molar-refractivity contribution in [3.05, 3.63) is 58.0 Å². The fraction of sp³-hybridized carbons (Fsp3) is 0.348. The van der Waals surface area contributed by atoms with Gasteiger partial charge in [-0.1, -0.05) is 58.6 Å². The van der Waals surface area contributed by atoms with Gasteiger partial charge in [0.05, 0.1) is 4.90 Å². The molecule has 1 atom stereocenters. The number of hydrogen-bond donors (Lipinski definition) is 1. The largest absolute Gasteiger partial charge is 0.326 e. The fourth-order valence-electron chi connectivity index (χ4n) is 4.03. The zero-order chi connectivity index (χ0) is 24.3. The normalized spacial score (nSPS) is 20.6. The highest BCUT2D eigenvalue weighted by Gasteiger charge is 2.43. The molecule has 2 aromatic rings. The number of nitrogens with one attached hydrogen (secondary N) is 1. The number of hydrogen-bond acceptors (Lipinski definition) is 5. The third kappa shape index (κ3) is 6.02. The second kappa shape index (κ2) is 10.8. The maximum absolute atomic E-state index is 13.3. The number of carbonyl (C=O) groups excluding carboxylic acids is 2. The molecule has 0 aromatic heterocycles. The molecule has 0 unspecified atom stereocenters. The van der Waals surface area contributed by atoms with Crippen molar-refractivity contribution in [2.24, 2.45) is 4.40 Å². The van der Waals surface area contributed by atoms with Gasteiger partial charge in [-0.25, -0.2) is 0 Å². The monoisotopic (exact) mass is 583 g/mol. The third-order valence-electron chi connectivity index (χ3n) is 5.72. The summed E-state index contributed by atoms with van der Waals surface area (Å²) < 4.78 is 30.8. The Balaban J connectivity index is 1.57. The van der Waals surface area contributed by atoms with E-state index in [1.807, 2.05) is 0 Å². The van der Waals surface area contributed by atoms with Gasteiger partial charge in [-0.3, -0.25) is 14.5 Å². The Morgan fingerprint density at radius 3 is 2.38 bits per heavy atom. The summed E-state index contributed by atoms with van der Waals surface area (Å²) in [5, 5.41) is 2.71. The number of sulfonamides is 1. The van der Waals surface area contributed by atoms with Gasteiger partial charge < -0.3 is 5.32 Å². The topological polar surface area (TPSA) is 95.9 Å². The van der Waals surface area contributed by atoms with Crippen molar-refractivity contribution in [2.45, 2.75) is 54.7 Å². The Labute approximate surface area is 216 Å². The van der Waals surface area contributed by atoms with E-state index in [0.717, 1.165) is 48.3 Å². The number of carbonyl (C=O) groups is 2. The van der Waals surface area contributed by atoms with Gasteiger partial charge in [0, 0.05) is 27.6 Å². The molecule has 180 valence electrons. The lowest BCUT2D eigenvalue weighted by atomic mass is 9.94. The van der Waals surface area contributed by atoms with Crippen molar-refractivity contribution >= 4 is 72.0 Å². The van der Waals surface area contributed by atoms with Crippen molar-refractivity contribution in [2.75, 3.05) is 5.32 Å². The zero-order valence-corrected chi connectivity index (χ0v) is 22.1. The molecular weight excluding hydrogens is 562 g/mol. The summed E-state index contributed by atoms with van der Waals surface area (Å²) in [6.07, 6.45) is 4.50. The van der Waals surface area contributed by atoms with Crippen molar-refractivity contribution in [1.82, 2.24) is 4.90 Å². The summed E-state index contributed by atoms with van der Waals surface area (Å²) in [6, 6.07) is 12.7. The third-order valence-corrected chi connectivity index (χ3v) is 9.04. The number of benzene rings is 2. The van der Waals surface area contributed by atoms with Crippen LogP contribution in [0.5, 0.6) is 0 Å². The average molecular weight is 585 g/mol. The highest BCUT2D eigenvalue weighted by molar-refractivity contribution is 9.10. The van der Waals surface area contributed by atoms with E-state index >= 15 is 0 Å². The summed E-state index contributed by atoms with van der Waals surface area (Å²) in [4.78, 5) is 27.5. The van der Waals surface area contributed by atoms with Crippen LogP contribution in [0.25, 0.3) is 0 Å². The quantitative estimate of drug-likeness (QED) is 0.487. The van der Waals surface area contributed by atoms with E-state index < -0.39 is 15.3 Å². The van der Waals surface area contributed by atoms with Gasteiger partial charge in [0.2, 0.25) is 11.8 Å². The van der Waals surface area contributed by atoms with Gasteiger partial charge in [0.15, 0.2) is 5.17 Å². The number of anilines is 1. The first kappa shape index (κ1) is 25.2. The van der Waals surface area contributed by atoms with Crippen LogP contribution in [0.15, 0.2) is 62.3 Å². The van der Waals surface area contributed by atoms with Gasteiger partial charge in [0.25, 0.3) is 10.0 Å². The fourth-order valence-corrected chi connectivity index (χ4v) is 6.82. The second-order valence-corrected chi connectivity index (χ2v) is 12.3. The molecule has 1 heterocycles. The molecule has 1 saturated heterocycles. The Morgan fingerprint density at radius 1 is 1.09 bits per heavy atom. The number of halogens is 2. The molecule has 4 rings (SSSR count). The smallest absolute Gasteiger partial charge is 0.284 e. The molecule has 11 heteroatoms. The van der Waals surface area contributed by atoms with Gasteiger partial charge in [0.1, 0.15) is 5.25 Å².